The normalized spacial score (nSPS) is 18.3. The van der Waals surface area contributed by atoms with Gasteiger partial charge in [-0.25, -0.2) is 8.42 Å². The highest BCUT2D eigenvalue weighted by Gasteiger charge is 2.51. The molecule has 8 heteroatoms. The van der Waals surface area contributed by atoms with Crippen molar-refractivity contribution in [3.63, 3.8) is 0 Å². The minimum absolute atomic E-state index is 0.185. The predicted molar refractivity (Wildman–Crippen MR) is 106 cm³/mol. The molecular formula is C19H24BNO5S. The van der Waals surface area contributed by atoms with E-state index in [0.717, 1.165) is 0 Å². The molecule has 144 valence electrons. The van der Waals surface area contributed by atoms with E-state index >= 15 is 0 Å². The first kappa shape index (κ1) is 19.7. The number of anilines is 1. The molecule has 0 amide bonds. The lowest BCUT2D eigenvalue weighted by Gasteiger charge is -2.32. The summed E-state index contributed by atoms with van der Waals surface area (Å²) in [4.78, 5) is 0.185. The van der Waals surface area contributed by atoms with Gasteiger partial charge in [-0.1, -0.05) is 18.2 Å². The number of sulfonamides is 1. The molecule has 0 saturated carbocycles. The molecule has 0 aromatic heterocycles. The number of hydrogen-bond donors (Lipinski definition) is 1. The molecule has 1 heterocycles. The molecule has 0 unspecified atom stereocenters. The summed E-state index contributed by atoms with van der Waals surface area (Å²) < 4.78 is 45.3. The van der Waals surface area contributed by atoms with Gasteiger partial charge in [-0.05, 0) is 57.4 Å². The third-order valence-corrected chi connectivity index (χ3v) is 6.39. The maximum atomic E-state index is 12.6. The molecule has 27 heavy (non-hydrogen) atoms. The van der Waals surface area contributed by atoms with Gasteiger partial charge in [-0.2, -0.15) is 0 Å². The van der Waals surface area contributed by atoms with Gasteiger partial charge in [0.2, 0.25) is 0 Å². The lowest BCUT2D eigenvalue weighted by Crippen LogP contribution is -2.41. The van der Waals surface area contributed by atoms with Gasteiger partial charge >= 0.3 is 7.12 Å². The summed E-state index contributed by atoms with van der Waals surface area (Å²) in [6.07, 6.45) is 0. The maximum Gasteiger partial charge on any atom is 0.495 e. The molecule has 1 aliphatic heterocycles. The molecule has 1 aliphatic rings. The summed E-state index contributed by atoms with van der Waals surface area (Å²) in [7, 11) is -2.81. The number of benzene rings is 2. The van der Waals surface area contributed by atoms with Crippen molar-refractivity contribution in [3.05, 3.63) is 48.5 Å². The van der Waals surface area contributed by atoms with Crippen LogP contribution in [0.2, 0.25) is 0 Å². The molecule has 2 aromatic rings. The van der Waals surface area contributed by atoms with Gasteiger partial charge in [0, 0.05) is 6.07 Å². The number of methoxy groups -OCH3 is 1. The molecule has 2 aromatic carbocycles. The predicted octanol–water partition coefficient (Wildman–Crippen LogP) is 2.80. The van der Waals surface area contributed by atoms with E-state index in [1.807, 2.05) is 27.7 Å². The number of nitrogens with one attached hydrogen (secondary N) is 1. The van der Waals surface area contributed by atoms with Crippen LogP contribution in [0, 0.1) is 0 Å². The van der Waals surface area contributed by atoms with E-state index in [2.05, 4.69) is 4.72 Å². The third kappa shape index (κ3) is 3.97. The zero-order valence-corrected chi connectivity index (χ0v) is 17.0. The fraction of sp³-hybridized carbons (Fsp3) is 0.368. The summed E-state index contributed by atoms with van der Waals surface area (Å²) in [6.45, 7) is 7.86. The zero-order chi connectivity index (χ0) is 19.9. The molecular weight excluding hydrogens is 365 g/mol. The summed E-state index contributed by atoms with van der Waals surface area (Å²) in [5.74, 6) is 0.507. The standard InChI is InChI=1S/C19H24BNO5S/c1-18(2)19(3,4)26-20(25-18)14-11-15(13-16(12-14)24-5)21-27(22,23)17-9-7-6-8-10-17/h6-13,21H,1-5H3. The van der Waals surface area contributed by atoms with Crippen molar-refractivity contribution in [2.24, 2.45) is 0 Å². The highest BCUT2D eigenvalue weighted by molar-refractivity contribution is 7.92. The second kappa shape index (κ2) is 6.85. The average Bonchev–Trinajstić information content (AvgIpc) is 2.83. The Balaban J connectivity index is 1.94. The van der Waals surface area contributed by atoms with Gasteiger partial charge in [0.05, 0.1) is 28.9 Å². The zero-order valence-electron chi connectivity index (χ0n) is 16.1. The Morgan fingerprint density at radius 3 is 2.11 bits per heavy atom. The number of ether oxygens (including phenoxy) is 1. The quantitative estimate of drug-likeness (QED) is 0.797. The van der Waals surface area contributed by atoms with Crippen LogP contribution in [0.15, 0.2) is 53.4 Å². The van der Waals surface area contributed by atoms with E-state index in [1.54, 1.807) is 36.4 Å². The second-order valence-electron chi connectivity index (χ2n) is 7.50. The summed E-state index contributed by atoms with van der Waals surface area (Å²) >= 11 is 0. The summed E-state index contributed by atoms with van der Waals surface area (Å²) in [6, 6.07) is 13.3. The number of rotatable bonds is 5. The van der Waals surface area contributed by atoms with Gasteiger partial charge in [0.15, 0.2) is 0 Å². The highest BCUT2D eigenvalue weighted by atomic mass is 32.2. The van der Waals surface area contributed by atoms with Crippen LogP contribution in [-0.2, 0) is 19.3 Å². The first-order chi connectivity index (χ1) is 12.5. The number of hydrogen-bond acceptors (Lipinski definition) is 5. The molecule has 1 N–H and O–H groups in total. The van der Waals surface area contributed by atoms with Crippen molar-refractivity contribution in [3.8, 4) is 5.75 Å². The van der Waals surface area contributed by atoms with E-state index in [4.69, 9.17) is 14.0 Å². The van der Waals surface area contributed by atoms with Crippen molar-refractivity contribution >= 4 is 28.3 Å². The molecule has 6 nitrogen and oxygen atoms in total. The molecule has 0 bridgehead atoms. The monoisotopic (exact) mass is 389 g/mol. The maximum absolute atomic E-state index is 12.6. The van der Waals surface area contributed by atoms with Gasteiger partial charge in [-0.3, -0.25) is 4.72 Å². The average molecular weight is 389 g/mol. The van der Waals surface area contributed by atoms with E-state index in [0.29, 0.717) is 16.9 Å². The minimum Gasteiger partial charge on any atom is -0.497 e. The van der Waals surface area contributed by atoms with E-state index in [1.165, 1.54) is 19.2 Å². The highest BCUT2D eigenvalue weighted by Crippen LogP contribution is 2.37. The third-order valence-electron chi connectivity index (χ3n) is 5.00. The van der Waals surface area contributed by atoms with Gasteiger partial charge < -0.3 is 14.0 Å². The van der Waals surface area contributed by atoms with Crippen LogP contribution in [0.3, 0.4) is 0 Å². The smallest absolute Gasteiger partial charge is 0.495 e. The SMILES string of the molecule is COc1cc(NS(=O)(=O)c2ccccc2)cc(B2OC(C)(C)C(C)(C)O2)c1. The fourth-order valence-electron chi connectivity index (χ4n) is 2.73. The van der Waals surface area contributed by atoms with Crippen molar-refractivity contribution < 1.29 is 22.5 Å². The van der Waals surface area contributed by atoms with Crippen molar-refractivity contribution in [1.29, 1.82) is 0 Å². The molecule has 0 spiro atoms. The van der Waals surface area contributed by atoms with Crippen LogP contribution < -0.4 is 14.9 Å². The Hall–Kier alpha value is -2.03. The Kier molecular flexibility index (Phi) is 5.01. The van der Waals surface area contributed by atoms with Crippen LogP contribution in [0.5, 0.6) is 5.75 Å². The minimum atomic E-state index is -3.71. The van der Waals surface area contributed by atoms with E-state index < -0.39 is 28.3 Å². The van der Waals surface area contributed by atoms with Crippen LogP contribution in [0.4, 0.5) is 5.69 Å². The molecule has 0 aliphatic carbocycles. The summed E-state index contributed by atoms with van der Waals surface area (Å²) in [5, 5.41) is 0. The lowest BCUT2D eigenvalue weighted by atomic mass is 9.79. The molecule has 0 radical (unpaired) electrons. The van der Waals surface area contributed by atoms with Crippen LogP contribution >= 0.6 is 0 Å². The lowest BCUT2D eigenvalue weighted by molar-refractivity contribution is 0.00578. The van der Waals surface area contributed by atoms with Crippen LogP contribution in [0.1, 0.15) is 27.7 Å². The van der Waals surface area contributed by atoms with Crippen LogP contribution in [-0.4, -0.2) is 33.8 Å². The van der Waals surface area contributed by atoms with Crippen molar-refractivity contribution in [2.45, 2.75) is 43.8 Å². The molecule has 3 rings (SSSR count). The fourth-order valence-corrected chi connectivity index (χ4v) is 3.79. The van der Waals surface area contributed by atoms with Gasteiger partial charge in [0.25, 0.3) is 10.0 Å². The first-order valence-corrected chi connectivity index (χ1v) is 10.1. The molecule has 1 fully saturated rings. The molecule has 1 saturated heterocycles. The van der Waals surface area contributed by atoms with E-state index in [-0.39, 0.29) is 4.90 Å². The second-order valence-corrected chi connectivity index (χ2v) is 9.18. The summed E-state index contributed by atoms with van der Waals surface area (Å²) in [5.41, 5.74) is 0.0659. The van der Waals surface area contributed by atoms with Crippen molar-refractivity contribution in [2.75, 3.05) is 11.8 Å². The Bertz CT molecular complexity index is 912. The molecule has 0 atom stereocenters. The first-order valence-electron chi connectivity index (χ1n) is 8.67. The Morgan fingerprint density at radius 1 is 0.963 bits per heavy atom. The van der Waals surface area contributed by atoms with Gasteiger partial charge in [-0.15, -0.1) is 0 Å². The Morgan fingerprint density at radius 2 is 1.56 bits per heavy atom. The topological polar surface area (TPSA) is 73.9 Å². The van der Waals surface area contributed by atoms with Crippen LogP contribution in [0.25, 0.3) is 0 Å². The Labute approximate surface area is 161 Å². The van der Waals surface area contributed by atoms with Crippen molar-refractivity contribution in [1.82, 2.24) is 0 Å². The van der Waals surface area contributed by atoms with E-state index in [9.17, 15) is 8.42 Å². The largest absolute Gasteiger partial charge is 0.497 e. The van der Waals surface area contributed by atoms with Gasteiger partial charge in [0.1, 0.15) is 5.75 Å².